The highest BCUT2D eigenvalue weighted by atomic mass is 19.4. The van der Waals surface area contributed by atoms with Gasteiger partial charge in [0.15, 0.2) is 0 Å². The van der Waals surface area contributed by atoms with Crippen molar-refractivity contribution in [3.8, 4) is 0 Å². The quantitative estimate of drug-likeness (QED) is 0.783. The van der Waals surface area contributed by atoms with Crippen LogP contribution in [0.3, 0.4) is 0 Å². The monoisotopic (exact) mass is 411 g/mol. The second-order valence-electron chi connectivity index (χ2n) is 8.00. The van der Waals surface area contributed by atoms with Crippen LogP contribution >= 0.6 is 0 Å². The third kappa shape index (κ3) is 5.72. The Kier molecular flexibility index (Phi) is 6.82. The van der Waals surface area contributed by atoms with Gasteiger partial charge in [0.2, 0.25) is 11.8 Å². The number of piperidine rings is 1. The Morgan fingerprint density at radius 2 is 1.97 bits per heavy atom. The summed E-state index contributed by atoms with van der Waals surface area (Å²) in [7, 11) is 0. The Balaban J connectivity index is 1.52. The first kappa shape index (κ1) is 21.6. The number of hydrogen-bond acceptors (Lipinski definition) is 3. The smallest absolute Gasteiger partial charge is 0.353 e. The van der Waals surface area contributed by atoms with E-state index < -0.39 is 17.7 Å². The molecule has 1 aromatic rings. The number of alkyl halides is 3. The zero-order chi connectivity index (χ0) is 21.0. The van der Waals surface area contributed by atoms with Crippen LogP contribution in [0.4, 0.5) is 13.2 Å². The van der Waals surface area contributed by atoms with Crippen LogP contribution in [-0.2, 0) is 22.3 Å². The molecule has 160 valence electrons. The molecule has 1 atom stereocenters. The number of likely N-dealkylation sites (tertiary alicyclic amines) is 2. The van der Waals surface area contributed by atoms with Crippen LogP contribution in [-0.4, -0.2) is 53.8 Å². The van der Waals surface area contributed by atoms with Crippen molar-refractivity contribution >= 4 is 11.8 Å². The molecule has 2 aliphatic rings. The van der Waals surface area contributed by atoms with E-state index in [1.54, 1.807) is 6.07 Å². The molecule has 0 saturated carbocycles. The maximum atomic E-state index is 12.9. The molecule has 0 radical (unpaired) electrons. The number of nitrogens with zero attached hydrogens (tertiary/aromatic N) is 2. The molecule has 0 aliphatic carbocycles. The highest BCUT2D eigenvalue weighted by Gasteiger charge is 2.36. The summed E-state index contributed by atoms with van der Waals surface area (Å²) >= 11 is 0. The Bertz CT molecular complexity index is 730. The van der Waals surface area contributed by atoms with Gasteiger partial charge >= 0.3 is 6.18 Å². The van der Waals surface area contributed by atoms with Crippen molar-refractivity contribution in [1.82, 2.24) is 15.1 Å². The van der Waals surface area contributed by atoms with Crippen LogP contribution in [0.25, 0.3) is 0 Å². The van der Waals surface area contributed by atoms with Crippen molar-refractivity contribution < 1.29 is 22.8 Å². The van der Waals surface area contributed by atoms with Crippen LogP contribution in [0, 0.1) is 5.92 Å². The molecule has 2 amide bonds. The van der Waals surface area contributed by atoms with E-state index in [-0.39, 0.29) is 37.4 Å². The molecular formula is C21H28F3N3O2. The SMILES string of the molecule is CCCN1CCC(NC(=O)[C@H]2CC(=O)N(Cc3cccc(C(F)(F)F)c3)C2)CC1. The van der Waals surface area contributed by atoms with Gasteiger partial charge in [-0.15, -0.1) is 0 Å². The van der Waals surface area contributed by atoms with E-state index in [1.807, 2.05) is 0 Å². The molecule has 1 aromatic carbocycles. The molecule has 3 rings (SSSR count). The summed E-state index contributed by atoms with van der Waals surface area (Å²) in [5.74, 6) is -0.763. The van der Waals surface area contributed by atoms with E-state index in [9.17, 15) is 22.8 Å². The van der Waals surface area contributed by atoms with E-state index in [0.717, 1.165) is 51.0 Å². The summed E-state index contributed by atoms with van der Waals surface area (Å²) in [4.78, 5) is 28.8. The number of halogens is 3. The Hall–Kier alpha value is -2.09. The van der Waals surface area contributed by atoms with Crippen molar-refractivity contribution in [1.29, 1.82) is 0 Å². The number of benzene rings is 1. The first-order valence-corrected chi connectivity index (χ1v) is 10.2. The molecule has 0 aromatic heterocycles. The molecule has 0 spiro atoms. The highest BCUT2D eigenvalue weighted by molar-refractivity contribution is 5.89. The predicted octanol–water partition coefficient (Wildman–Crippen LogP) is 3.04. The Morgan fingerprint density at radius 1 is 1.24 bits per heavy atom. The third-order valence-electron chi connectivity index (χ3n) is 5.69. The van der Waals surface area contributed by atoms with Crippen LogP contribution in [0.2, 0.25) is 0 Å². The minimum Gasteiger partial charge on any atom is -0.353 e. The molecule has 2 saturated heterocycles. The average Bonchev–Trinajstić information content (AvgIpc) is 3.04. The lowest BCUT2D eigenvalue weighted by atomic mass is 10.0. The summed E-state index contributed by atoms with van der Waals surface area (Å²) in [6, 6.07) is 5.11. The molecular weight excluding hydrogens is 383 g/mol. The lowest BCUT2D eigenvalue weighted by Crippen LogP contribution is -2.46. The number of hydrogen-bond donors (Lipinski definition) is 1. The first-order valence-electron chi connectivity index (χ1n) is 10.2. The number of carbonyl (C=O) groups excluding carboxylic acids is 2. The number of carbonyl (C=O) groups is 2. The number of nitrogens with one attached hydrogen (secondary N) is 1. The van der Waals surface area contributed by atoms with Crippen LogP contribution in [0.1, 0.15) is 43.7 Å². The van der Waals surface area contributed by atoms with Crippen molar-refractivity contribution in [3.05, 3.63) is 35.4 Å². The normalized spacial score (nSPS) is 21.6. The first-order chi connectivity index (χ1) is 13.8. The molecule has 1 N–H and O–H groups in total. The van der Waals surface area contributed by atoms with Crippen molar-refractivity contribution in [2.24, 2.45) is 5.92 Å². The summed E-state index contributed by atoms with van der Waals surface area (Å²) in [6.07, 6.45) is -1.39. The zero-order valence-electron chi connectivity index (χ0n) is 16.7. The van der Waals surface area contributed by atoms with Gasteiger partial charge in [-0.1, -0.05) is 19.1 Å². The van der Waals surface area contributed by atoms with Crippen LogP contribution in [0.15, 0.2) is 24.3 Å². The fourth-order valence-electron chi connectivity index (χ4n) is 4.10. The van der Waals surface area contributed by atoms with Gasteiger partial charge in [0, 0.05) is 38.6 Å². The highest BCUT2D eigenvalue weighted by Crippen LogP contribution is 2.30. The van der Waals surface area contributed by atoms with Gasteiger partial charge < -0.3 is 15.1 Å². The van der Waals surface area contributed by atoms with Gasteiger partial charge in [-0.3, -0.25) is 9.59 Å². The maximum absolute atomic E-state index is 12.9. The maximum Gasteiger partial charge on any atom is 0.416 e. The van der Waals surface area contributed by atoms with E-state index in [1.165, 1.54) is 11.0 Å². The van der Waals surface area contributed by atoms with E-state index >= 15 is 0 Å². The largest absolute Gasteiger partial charge is 0.416 e. The van der Waals surface area contributed by atoms with Gasteiger partial charge in [0.05, 0.1) is 11.5 Å². The second kappa shape index (κ2) is 9.15. The van der Waals surface area contributed by atoms with Gasteiger partial charge in [-0.2, -0.15) is 13.2 Å². The number of rotatable bonds is 6. The van der Waals surface area contributed by atoms with Crippen LogP contribution < -0.4 is 5.32 Å². The summed E-state index contributed by atoms with van der Waals surface area (Å²) in [5.41, 5.74) is -0.317. The minimum absolute atomic E-state index is 0.0853. The second-order valence-corrected chi connectivity index (χ2v) is 8.00. The van der Waals surface area contributed by atoms with Crippen molar-refractivity contribution in [3.63, 3.8) is 0 Å². The molecule has 2 heterocycles. The van der Waals surface area contributed by atoms with Gasteiger partial charge in [-0.05, 0) is 43.5 Å². The zero-order valence-corrected chi connectivity index (χ0v) is 16.7. The number of amides is 2. The topological polar surface area (TPSA) is 52.7 Å². The summed E-state index contributed by atoms with van der Waals surface area (Å²) in [5, 5.41) is 3.06. The summed E-state index contributed by atoms with van der Waals surface area (Å²) < 4.78 is 38.6. The molecule has 2 fully saturated rings. The van der Waals surface area contributed by atoms with E-state index in [4.69, 9.17) is 0 Å². The lowest BCUT2D eigenvalue weighted by Gasteiger charge is -2.32. The molecule has 2 aliphatic heterocycles. The fourth-order valence-corrected chi connectivity index (χ4v) is 4.10. The molecule has 5 nitrogen and oxygen atoms in total. The third-order valence-corrected chi connectivity index (χ3v) is 5.69. The van der Waals surface area contributed by atoms with Gasteiger partial charge in [0.25, 0.3) is 0 Å². The predicted molar refractivity (Wildman–Crippen MR) is 103 cm³/mol. The molecule has 0 unspecified atom stereocenters. The van der Waals surface area contributed by atoms with E-state index in [0.29, 0.717) is 5.56 Å². The standard InChI is InChI=1S/C21H28F3N3O2/c1-2-8-26-9-6-18(7-10-26)25-20(29)16-12-19(28)27(14-16)13-15-4-3-5-17(11-15)21(22,23)24/h3-5,11,16,18H,2,6-10,12-14H2,1H3,(H,25,29)/t16-/m0/s1. The van der Waals surface area contributed by atoms with Crippen molar-refractivity contribution in [2.45, 2.75) is 51.4 Å². The van der Waals surface area contributed by atoms with Gasteiger partial charge in [0.1, 0.15) is 0 Å². The Labute approximate surface area is 169 Å². The molecule has 8 heteroatoms. The van der Waals surface area contributed by atoms with Gasteiger partial charge in [-0.25, -0.2) is 0 Å². The molecule has 29 heavy (non-hydrogen) atoms. The fraction of sp³-hybridized carbons (Fsp3) is 0.619. The minimum atomic E-state index is -4.42. The average molecular weight is 411 g/mol. The Morgan fingerprint density at radius 3 is 2.62 bits per heavy atom. The van der Waals surface area contributed by atoms with Crippen LogP contribution in [0.5, 0.6) is 0 Å². The van der Waals surface area contributed by atoms with Crippen molar-refractivity contribution in [2.75, 3.05) is 26.2 Å². The summed E-state index contributed by atoms with van der Waals surface area (Å²) in [6.45, 7) is 5.48. The van der Waals surface area contributed by atoms with E-state index in [2.05, 4.69) is 17.1 Å². The molecule has 0 bridgehead atoms. The lowest BCUT2D eigenvalue weighted by molar-refractivity contribution is -0.137.